The molecule has 0 radical (unpaired) electrons. The Hall–Kier alpha value is -5.31. The summed E-state index contributed by atoms with van der Waals surface area (Å²) in [5.41, 5.74) is 15.1. The number of rotatable bonds is 2. The molecular formula is C41H25NS. The molecule has 0 bridgehead atoms. The summed E-state index contributed by atoms with van der Waals surface area (Å²) < 4.78 is 2.54. The summed E-state index contributed by atoms with van der Waals surface area (Å²) in [6.07, 6.45) is 3.86. The van der Waals surface area contributed by atoms with E-state index in [9.17, 15) is 0 Å². The SMILES string of the molecule is c1ccc2c(c1)-c1ccccc1-c1ccc(-c3ccc(-c4cccc5c4sc4cnccc45)cc3)cc1-c1ccccc1-2. The van der Waals surface area contributed by atoms with Crippen LogP contribution in [0.15, 0.2) is 152 Å². The number of hydrogen-bond donors (Lipinski definition) is 0. The van der Waals surface area contributed by atoms with E-state index in [0.717, 1.165) is 0 Å². The molecule has 0 amide bonds. The monoisotopic (exact) mass is 563 g/mol. The van der Waals surface area contributed by atoms with Gasteiger partial charge in [-0.2, -0.15) is 0 Å². The summed E-state index contributed by atoms with van der Waals surface area (Å²) >= 11 is 1.82. The van der Waals surface area contributed by atoms with Gasteiger partial charge in [0.05, 0.1) is 4.70 Å². The first-order chi connectivity index (χ1) is 21.3. The molecule has 43 heavy (non-hydrogen) atoms. The first-order valence-electron chi connectivity index (χ1n) is 14.6. The Labute approximate surface area is 254 Å². The lowest BCUT2D eigenvalue weighted by molar-refractivity contribution is 1.37. The van der Waals surface area contributed by atoms with Gasteiger partial charge in [-0.1, -0.05) is 127 Å². The third-order valence-electron chi connectivity index (χ3n) is 8.79. The highest BCUT2D eigenvalue weighted by atomic mass is 32.1. The summed E-state index contributed by atoms with van der Waals surface area (Å²) in [4.78, 5) is 4.35. The van der Waals surface area contributed by atoms with Gasteiger partial charge >= 0.3 is 0 Å². The van der Waals surface area contributed by atoms with Crippen LogP contribution in [0, 0.1) is 0 Å². The molecule has 0 spiro atoms. The van der Waals surface area contributed by atoms with Crippen LogP contribution in [0.4, 0.5) is 0 Å². The molecule has 8 aromatic rings. The second-order valence-corrected chi connectivity index (χ2v) is 12.2. The third-order valence-corrected chi connectivity index (χ3v) is 9.98. The summed E-state index contributed by atoms with van der Waals surface area (Å²) in [5, 5.41) is 2.57. The summed E-state index contributed by atoms with van der Waals surface area (Å²) in [5.74, 6) is 0. The Morgan fingerprint density at radius 2 is 0.884 bits per heavy atom. The highest BCUT2D eigenvalue weighted by molar-refractivity contribution is 7.26. The standard InChI is InChI=1S/C41H25NS/c1-2-9-31-30(8-1)32-10-3-4-12-34(32)36-21-20-28(24-39(36)35-13-6-5-11-33(31)35)26-16-18-27(19-17-26)29-14-7-15-38-37-22-23-42-25-40(37)43-41(29)38/h1-25H. The predicted molar refractivity (Wildman–Crippen MR) is 183 cm³/mol. The molecule has 6 aromatic carbocycles. The first-order valence-corrected chi connectivity index (χ1v) is 15.4. The largest absolute Gasteiger partial charge is 0.263 e. The van der Waals surface area contributed by atoms with Gasteiger partial charge in [0, 0.05) is 27.9 Å². The van der Waals surface area contributed by atoms with Gasteiger partial charge < -0.3 is 0 Å². The molecule has 0 saturated heterocycles. The summed E-state index contributed by atoms with van der Waals surface area (Å²) in [6.45, 7) is 0. The Morgan fingerprint density at radius 3 is 1.51 bits per heavy atom. The van der Waals surface area contributed by atoms with Crippen molar-refractivity contribution in [2.75, 3.05) is 0 Å². The molecule has 0 fully saturated rings. The topological polar surface area (TPSA) is 12.9 Å². The molecule has 0 unspecified atom stereocenters. The third kappa shape index (κ3) is 3.81. The average Bonchev–Trinajstić information content (AvgIpc) is 3.47. The van der Waals surface area contributed by atoms with Gasteiger partial charge in [0.25, 0.3) is 0 Å². The Kier molecular flexibility index (Phi) is 5.44. The van der Waals surface area contributed by atoms with Crippen LogP contribution < -0.4 is 0 Å². The first kappa shape index (κ1) is 24.3. The van der Waals surface area contributed by atoms with E-state index >= 15 is 0 Å². The van der Waals surface area contributed by atoms with Crippen LogP contribution in [0.3, 0.4) is 0 Å². The van der Waals surface area contributed by atoms with Crippen LogP contribution in [0.2, 0.25) is 0 Å². The molecule has 0 aliphatic heterocycles. The minimum absolute atomic E-state index is 1.22. The zero-order valence-corrected chi connectivity index (χ0v) is 24.1. The van der Waals surface area contributed by atoms with Gasteiger partial charge in [-0.3, -0.25) is 4.98 Å². The van der Waals surface area contributed by atoms with E-state index in [4.69, 9.17) is 0 Å². The molecular weight excluding hydrogens is 539 g/mol. The van der Waals surface area contributed by atoms with E-state index in [0.29, 0.717) is 0 Å². The van der Waals surface area contributed by atoms with Crippen molar-refractivity contribution in [2.24, 2.45) is 0 Å². The van der Waals surface area contributed by atoms with Gasteiger partial charge in [0.15, 0.2) is 0 Å². The lowest BCUT2D eigenvalue weighted by atomic mass is 9.80. The molecule has 0 atom stereocenters. The lowest BCUT2D eigenvalue weighted by Gasteiger charge is -2.23. The van der Waals surface area contributed by atoms with E-state index in [1.807, 2.05) is 23.7 Å². The second-order valence-electron chi connectivity index (χ2n) is 11.1. The van der Waals surface area contributed by atoms with Crippen molar-refractivity contribution in [3.05, 3.63) is 152 Å². The maximum atomic E-state index is 4.35. The molecule has 1 nitrogen and oxygen atoms in total. The molecule has 2 heterocycles. The highest BCUT2D eigenvalue weighted by Gasteiger charge is 2.21. The number of pyridine rings is 1. The van der Waals surface area contributed by atoms with Gasteiger partial charge in [-0.25, -0.2) is 0 Å². The van der Waals surface area contributed by atoms with Crippen LogP contribution in [0.5, 0.6) is 0 Å². The minimum atomic E-state index is 1.22. The van der Waals surface area contributed by atoms with Crippen LogP contribution >= 0.6 is 11.3 Å². The van der Waals surface area contributed by atoms with E-state index in [1.165, 1.54) is 86.9 Å². The van der Waals surface area contributed by atoms with Crippen molar-refractivity contribution in [1.82, 2.24) is 4.98 Å². The minimum Gasteiger partial charge on any atom is -0.263 e. The normalized spacial score (nSPS) is 11.7. The van der Waals surface area contributed by atoms with Gasteiger partial charge in [-0.05, 0) is 78.9 Å². The molecule has 0 N–H and O–H groups in total. The highest BCUT2D eigenvalue weighted by Crippen LogP contribution is 2.48. The summed E-state index contributed by atoms with van der Waals surface area (Å²) in [7, 11) is 0. The van der Waals surface area contributed by atoms with Gasteiger partial charge in [0.1, 0.15) is 0 Å². The zero-order chi connectivity index (χ0) is 28.3. The van der Waals surface area contributed by atoms with E-state index in [-0.39, 0.29) is 0 Å². The van der Waals surface area contributed by atoms with Crippen LogP contribution in [-0.2, 0) is 0 Å². The molecule has 2 aromatic heterocycles. The van der Waals surface area contributed by atoms with Crippen molar-refractivity contribution in [3.63, 3.8) is 0 Å². The Balaban J connectivity index is 1.19. The Morgan fingerprint density at radius 1 is 0.372 bits per heavy atom. The second kappa shape index (κ2) is 9.62. The summed E-state index contributed by atoms with van der Waals surface area (Å²) in [6, 6.07) is 51.2. The fourth-order valence-electron chi connectivity index (χ4n) is 6.76. The van der Waals surface area contributed by atoms with Crippen molar-refractivity contribution in [3.8, 4) is 66.8 Å². The van der Waals surface area contributed by atoms with Crippen molar-refractivity contribution < 1.29 is 0 Å². The fourth-order valence-corrected chi connectivity index (χ4v) is 7.97. The quantitative estimate of drug-likeness (QED) is 0.204. The molecule has 1 aliphatic carbocycles. The van der Waals surface area contributed by atoms with E-state index in [1.54, 1.807) is 0 Å². The van der Waals surface area contributed by atoms with Crippen molar-refractivity contribution >= 4 is 31.5 Å². The smallest absolute Gasteiger partial charge is 0.0538 e. The number of nitrogens with zero attached hydrogens (tertiary/aromatic N) is 1. The van der Waals surface area contributed by atoms with Crippen LogP contribution in [0.25, 0.3) is 86.9 Å². The Bertz CT molecular complexity index is 2340. The molecule has 0 saturated carbocycles. The number of fused-ring (bicyclic) bond motifs is 11. The van der Waals surface area contributed by atoms with Crippen molar-refractivity contribution in [2.45, 2.75) is 0 Å². The maximum absolute atomic E-state index is 4.35. The van der Waals surface area contributed by atoms with Crippen LogP contribution in [0.1, 0.15) is 0 Å². The van der Waals surface area contributed by atoms with Crippen LogP contribution in [-0.4, -0.2) is 4.98 Å². The number of aromatic nitrogens is 1. The molecule has 9 rings (SSSR count). The van der Waals surface area contributed by atoms with E-state index in [2.05, 4.69) is 145 Å². The van der Waals surface area contributed by atoms with Gasteiger partial charge in [-0.15, -0.1) is 11.3 Å². The molecule has 200 valence electrons. The van der Waals surface area contributed by atoms with Crippen molar-refractivity contribution in [1.29, 1.82) is 0 Å². The van der Waals surface area contributed by atoms with Gasteiger partial charge in [0.2, 0.25) is 0 Å². The number of benzene rings is 6. The predicted octanol–water partition coefficient (Wildman–Crippen LogP) is 11.8. The van der Waals surface area contributed by atoms with E-state index < -0.39 is 0 Å². The number of thiophene rings is 1. The zero-order valence-electron chi connectivity index (χ0n) is 23.3. The molecule has 2 heteroatoms. The maximum Gasteiger partial charge on any atom is 0.0538 e. The average molecular weight is 564 g/mol. The number of hydrogen-bond acceptors (Lipinski definition) is 2. The lowest BCUT2D eigenvalue weighted by Crippen LogP contribution is -1.97. The fraction of sp³-hybridized carbons (Fsp3) is 0. The molecule has 1 aliphatic rings.